The zero-order chi connectivity index (χ0) is 14.0. The highest BCUT2D eigenvalue weighted by atomic mass is 16.2. The van der Waals surface area contributed by atoms with Gasteiger partial charge in [-0.3, -0.25) is 4.79 Å². The minimum atomic E-state index is -0.0447. The average Bonchev–Trinajstić information content (AvgIpc) is 3.22. The highest BCUT2D eigenvalue weighted by Gasteiger charge is 2.41. The Morgan fingerprint density at radius 2 is 2.15 bits per heavy atom. The molecule has 1 atom stereocenters. The van der Waals surface area contributed by atoms with Crippen molar-refractivity contribution in [2.45, 2.75) is 51.5 Å². The van der Waals surface area contributed by atoms with Crippen molar-refractivity contribution in [3.63, 3.8) is 0 Å². The number of nitrogens with one attached hydrogen (secondary N) is 2. The number of para-hydroxylation sites is 1. The molecule has 1 fully saturated rings. The summed E-state index contributed by atoms with van der Waals surface area (Å²) in [4.78, 5) is 12.3. The lowest BCUT2D eigenvalue weighted by atomic mass is 9.99. The van der Waals surface area contributed by atoms with Crippen molar-refractivity contribution >= 4 is 11.6 Å². The zero-order valence-corrected chi connectivity index (χ0v) is 12.2. The summed E-state index contributed by atoms with van der Waals surface area (Å²) in [6.07, 6.45) is 7.03. The molecule has 3 rings (SSSR count). The quantitative estimate of drug-likeness (QED) is 0.864. The Bertz CT molecular complexity index is 494. The van der Waals surface area contributed by atoms with Crippen LogP contribution in [0.1, 0.15) is 44.6 Å². The van der Waals surface area contributed by atoms with E-state index in [4.69, 9.17) is 0 Å². The van der Waals surface area contributed by atoms with Crippen LogP contribution >= 0.6 is 0 Å². The van der Waals surface area contributed by atoms with E-state index in [0.717, 1.165) is 25.1 Å². The number of aryl methyl sites for hydroxylation is 1. The van der Waals surface area contributed by atoms with E-state index in [9.17, 15) is 4.79 Å². The minimum Gasteiger partial charge on any atom is -0.324 e. The summed E-state index contributed by atoms with van der Waals surface area (Å²) in [6.45, 7) is 3.24. The van der Waals surface area contributed by atoms with Crippen LogP contribution in [0.5, 0.6) is 0 Å². The van der Waals surface area contributed by atoms with Gasteiger partial charge in [-0.1, -0.05) is 31.5 Å². The number of rotatable bonds is 5. The van der Waals surface area contributed by atoms with Gasteiger partial charge in [0.25, 0.3) is 0 Å². The molecule has 0 bridgehead atoms. The van der Waals surface area contributed by atoms with Crippen LogP contribution in [0, 0.1) is 5.41 Å². The number of amides is 1. The Hall–Kier alpha value is -1.35. The molecule has 108 valence electrons. The molecule has 3 heteroatoms. The van der Waals surface area contributed by atoms with Gasteiger partial charge in [-0.15, -0.1) is 0 Å². The van der Waals surface area contributed by atoms with Crippen molar-refractivity contribution in [3.05, 3.63) is 29.8 Å². The van der Waals surface area contributed by atoms with E-state index in [1.165, 1.54) is 31.2 Å². The summed E-state index contributed by atoms with van der Waals surface area (Å²) in [7, 11) is 0. The van der Waals surface area contributed by atoms with Crippen LogP contribution < -0.4 is 10.6 Å². The predicted molar refractivity (Wildman–Crippen MR) is 81.8 cm³/mol. The lowest BCUT2D eigenvalue weighted by Crippen LogP contribution is -2.42. The average molecular weight is 272 g/mol. The first-order valence-electron chi connectivity index (χ1n) is 7.85. The number of hydrogen-bond donors (Lipinski definition) is 2. The standard InChI is InChI=1S/C17H24N2O/c1-2-9-17(10-11-17)12-18-15-8-7-13-5-3-4-6-14(13)19-16(15)20/h3-6,15,18H,2,7-12H2,1H3,(H,19,20). The Morgan fingerprint density at radius 1 is 1.35 bits per heavy atom. The molecular weight excluding hydrogens is 248 g/mol. The van der Waals surface area contributed by atoms with Gasteiger partial charge in [0, 0.05) is 12.2 Å². The molecule has 0 radical (unpaired) electrons. The maximum atomic E-state index is 12.3. The first kappa shape index (κ1) is 13.6. The Labute approximate surface area is 121 Å². The largest absolute Gasteiger partial charge is 0.324 e. The number of fused-ring (bicyclic) bond motifs is 1. The fourth-order valence-electron chi connectivity index (χ4n) is 3.27. The maximum absolute atomic E-state index is 12.3. The van der Waals surface area contributed by atoms with Crippen molar-refractivity contribution in [1.82, 2.24) is 5.32 Å². The summed E-state index contributed by atoms with van der Waals surface area (Å²) in [5.41, 5.74) is 2.73. The van der Waals surface area contributed by atoms with Crippen molar-refractivity contribution < 1.29 is 4.79 Å². The molecule has 3 nitrogen and oxygen atoms in total. The summed E-state index contributed by atoms with van der Waals surface area (Å²) < 4.78 is 0. The molecule has 1 heterocycles. The second-order valence-electron chi connectivity index (χ2n) is 6.37. The first-order chi connectivity index (χ1) is 9.72. The molecule has 1 aromatic carbocycles. The second kappa shape index (κ2) is 5.57. The molecule has 0 saturated heterocycles. The molecule has 20 heavy (non-hydrogen) atoms. The number of carbonyl (C=O) groups excluding carboxylic acids is 1. The lowest BCUT2D eigenvalue weighted by Gasteiger charge is -2.20. The zero-order valence-electron chi connectivity index (χ0n) is 12.2. The van der Waals surface area contributed by atoms with E-state index in [0.29, 0.717) is 5.41 Å². The van der Waals surface area contributed by atoms with Crippen molar-refractivity contribution in [3.8, 4) is 0 Å². The van der Waals surface area contributed by atoms with Crippen LogP contribution in [0.15, 0.2) is 24.3 Å². The Balaban J connectivity index is 1.60. The van der Waals surface area contributed by atoms with Gasteiger partial charge in [-0.25, -0.2) is 0 Å². The van der Waals surface area contributed by atoms with Gasteiger partial charge in [-0.2, -0.15) is 0 Å². The van der Waals surface area contributed by atoms with Gasteiger partial charge >= 0.3 is 0 Å². The topological polar surface area (TPSA) is 41.1 Å². The fourth-order valence-corrected chi connectivity index (χ4v) is 3.27. The van der Waals surface area contributed by atoms with E-state index in [1.54, 1.807) is 0 Å². The molecule has 0 aromatic heterocycles. The Morgan fingerprint density at radius 3 is 2.90 bits per heavy atom. The number of carbonyl (C=O) groups is 1. The van der Waals surface area contributed by atoms with Crippen LogP contribution in [0.4, 0.5) is 5.69 Å². The second-order valence-corrected chi connectivity index (χ2v) is 6.37. The van der Waals surface area contributed by atoms with E-state index >= 15 is 0 Å². The van der Waals surface area contributed by atoms with Gasteiger partial charge in [-0.05, 0) is 49.1 Å². The minimum absolute atomic E-state index is 0.0447. The summed E-state index contributed by atoms with van der Waals surface area (Å²) in [5.74, 6) is 0.127. The number of hydrogen-bond acceptors (Lipinski definition) is 2. The summed E-state index contributed by atoms with van der Waals surface area (Å²) in [5, 5.41) is 6.58. The normalized spacial score (nSPS) is 23.6. The van der Waals surface area contributed by atoms with E-state index in [2.05, 4.69) is 23.6 Å². The van der Waals surface area contributed by atoms with E-state index < -0.39 is 0 Å². The van der Waals surface area contributed by atoms with Crippen molar-refractivity contribution in [1.29, 1.82) is 0 Å². The van der Waals surface area contributed by atoms with Gasteiger partial charge in [0.1, 0.15) is 0 Å². The highest BCUT2D eigenvalue weighted by Crippen LogP contribution is 2.49. The SMILES string of the molecule is CCCC1(CNC2CCc3ccccc3NC2=O)CC1. The molecule has 1 saturated carbocycles. The maximum Gasteiger partial charge on any atom is 0.241 e. The van der Waals surface area contributed by atoms with E-state index in [-0.39, 0.29) is 11.9 Å². The third kappa shape index (κ3) is 2.88. The molecule has 2 aliphatic rings. The molecule has 1 aliphatic heterocycles. The van der Waals surface area contributed by atoms with Crippen molar-refractivity contribution in [2.24, 2.45) is 5.41 Å². The molecule has 1 amide bonds. The fraction of sp³-hybridized carbons (Fsp3) is 0.588. The third-order valence-corrected chi connectivity index (χ3v) is 4.75. The van der Waals surface area contributed by atoms with Gasteiger partial charge in [0.2, 0.25) is 5.91 Å². The van der Waals surface area contributed by atoms with Gasteiger partial charge < -0.3 is 10.6 Å². The van der Waals surface area contributed by atoms with Crippen LogP contribution in [0.3, 0.4) is 0 Å². The third-order valence-electron chi connectivity index (χ3n) is 4.75. The molecular formula is C17H24N2O. The highest BCUT2D eigenvalue weighted by molar-refractivity contribution is 5.96. The molecule has 1 unspecified atom stereocenters. The van der Waals surface area contributed by atoms with E-state index in [1.807, 2.05) is 18.2 Å². The van der Waals surface area contributed by atoms with Crippen LogP contribution in [-0.4, -0.2) is 18.5 Å². The van der Waals surface area contributed by atoms with Gasteiger partial charge in [0.15, 0.2) is 0 Å². The molecule has 2 N–H and O–H groups in total. The molecule has 1 aliphatic carbocycles. The van der Waals surface area contributed by atoms with Gasteiger partial charge in [0.05, 0.1) is 6.04 Å². The van der Waals surface area contributed by atoms with Crippen LogP contribution in [0.25, 0.3) is 0 Å². The molecule has 1 aromatic rings. The lowest BCUT2D eigenvalue weighted by molar-refractivity contribution is -0.118. The summed E-state index contributed by atoms with van der Waals surface area (Å²) >= 11 is 0. The monoisotopic (exact) mass is 272 g/mol. The first-order valence-corrected chi connectivity index (χ1v) is 7.85. The number of benzene rings is 1. The number of anilines is 1. The van der Waals surface area contributed by atoms with Crippen LogP contribution in [0.2, 0.25) is 0 Å². The summed E-state index contributed by atoms with van der Waals surface area (Å²) in [6, 6.07) is 8.08. The van der Waals surface area contributed by atoms with Crippen LogP contribution in [-0.2, 0) is 11.2 Å². The Kier molecular flexibility index (Phi) is 3.79. The molecule has 0 spiro atoms. The smallest absolute Gasteiger partial charge is 0.241 e. The predicted octanol–water partition coefficient (Wildman–Crippen LogP) is 3.11. The van der Waals surface area contributed by atoms with Crippen molar-refractivity contribution in [2.75, 3.05) is 11.9 Å².